The number of carbonyl (C=O) groups excluding carboxylic acids is 3. The summed E-state index contributed by atoms with van der Waals surface area (Å²) in [6, 6.07) is -0.234. The minimum Gasteiger partial charge on any atom is -0.380 e. The average molecular weight is 453 g/mol. The summed E-state index contributed by atoms with van der Waals surface area (Å²) in [4.78, 5) is 37.0. The molecule has 2 unspecified atom stereocenters. The van der Waals surface area contributed by atoms with E-state index in [9.17, 15) is 14.4 Å². The molecule has 1 saturated carbocycles. The number of Topliss-reactive ketones (excluding diaryl/α,β-unsaturated/α-hetero) is 3. The van der Waals surface area contributed by atoms with E-state index in [0.29, 0.717) is 6.42 Å². The van der Waals surface area contributed by atoms with Gasteiger partial charge in [0, 0.05) is 31.4 Å². The number of nitrogens with zero attached hydrogens (tertiary/aromatic N) is 1. The molecule has 1 saturated heterocycles. The van der Waals surface area contributed by atoms with Crippen molar-refractivity contribution in [2.75, 3.05) is 20.7 Å². The molecule has 7 heteroatoms. The van der Waals surface area contributed by atoms with Gasteiger partial charge in [-0.25, -0.2) is 0 Å². The van der Waals surface area contributed by atoms with Crippen molar-refractivity contribution >= 4 is 26.7 Å². The highest BCUT2D eigenvalue weighted by atomic mass is 31.0. The fourth-order valence-electron chi connectivity index (χ4n) is 5.09. The monoisotopic (exact) mass is 452 g/mol. The molecule has 1 aliphatic carbocycles. The molecular formula is C24H41N2O4P. The number of carbonyl (C=O) groups is 3. The zero-order chi connectivity index (χ0) is 23.2. The van der Waals surface area contributed by atoms with Crippen molar-refractivity contribution in [2.24, 2.45) is 17.3 Å². The standard InChI is InChI=1S/C24H41N2O4P/c1-16-22(30-5)15-26(31)23(16)21(29)14-24(18(3)28)13-19(24)11-9-7-6-8-10-12-20(25-4)17(2)27/h9,11,16,19-20,22-23,25H,6-8,10,12-15,31H2,1-5H3/b11-9-/t16?,19-,20+,22+,23+,24+/m1/s1. The van der Waals surface area contributed by atoms with Gasteiger partial charge in [-0.05, 0) is 52.5 Å². The van der Waals surface area contributed by atoms with Crippen LogP contribution >= 0.6 is 9.39 Å². The highest BCUT2D eigenvalue weighted by Crippen LogP contribution is 2.57. The third-order valence-corrected chi connectivity index (χ3v) is 7.89. The Morgan fingerprint density at radius 1 is 1.26 bits per heavy atom. The summed E-state index contributed by atoms with van der Waals surface area (Å²) in [5.41, 5.74) is -0.508. The predicted molar refractivity (Wildman–Crippen MR) is 127 cm³/mol. The first-order valence-corrected chi connectivity index (χ1v) is 12.1. The number of allylic oxidation sites excluding steroid dienone is 2. The van der Waals surface area contributed by atoms with E-state index < -0.39 is 5.41 Å². The number of hydrogen-bond donors (Lipinski definition) is 1. The molecule has 2 rings (SSSR count). The number of ether oxygens (including phenoxy) is 1. The Morgan fingerprint density at radius 3 is 2.52 bits per heavy atom. The molecule has 0 bridgehead atoms. The summed E-state index contributed by atoms with van der Waals surface area (Å²) in [6.45, 7) is 6.03. The van der Waals surface area contributed by atoms with Crippen LogP contribution in [0.4, 0.5) is 0 Å². The van der Waals surface area contributed by atoms with Crippen LogP contribution in [0.3, 0.4) is 0 Å². The zero-order valence-electron chi connectivity index (χ0n) is 19.9. The molecule has 0 aromatic rings. The van der Waals surface area contributed by atoms with Crippen molar-refractivity contribution < 1.29 is 19.1 Å². The average Bonchev–Trinajstić information content (AvgIpc) is 3.32. The van der Waals surface area contributed by atoms with Crippen LogP contribution in [0.15, 0.2) is 12.2 Å². The van der Waals surface area contributed by atoms with Crippen LogP contribution in [0.1, 0.15) is 65.7 Å². The van der Waals surface area contributed by atoms with Crippen molar-refractivity contribution in [1.29, 1.82) is 0 Å². The first-order chi connectivity index (χ1) is 14.7. The summed E-state index contributed by atoms with van der Waals surface area (Å²) >= 11 is 0. The Bertz CT molecular complexity index is 682. The van der Waals surface area contributed by atoms with Crippen LogP contribution in [0.25, 0.3) is 0 Å². The molecule has 0 amide bonds. The second kappa shape index (κ2) is 11.8. The van der Waals surface area contributed by atoms with Crippen molar-refractivity contribution in [2.45, 2.75) is 83.9 Å². The van der Waals surface area contributed by atoms with Crippen LogP contribution in [-0.4, -0.2) is 60.9 Å². The normalized spacial score (nSPS) is 31.8. The summed E-state index contributed by atoms with van der Waals surface area (Å²) in [5, 5.41) is 3.06. The topological polar surface area (TPSA) is 75.7 Å². The van der Waals surface area contributed by atoms with E-state index >= 15 is 0 Å². The van der Waals surface area contributed by atoms with Gasteiger partial charge in [0.25, 0.3) is 0 Å². The van der Waals surface area contributed by atoms with Gasteiger partial charge >= 0.3 is 0 Å². The lowest BCUT2D eigenvalue weighted by Gasteiger charge is -2.23. The highest BCUT2D eigenvalue weighted by Gasteiger charge is 2.58. The van der Waals surface area contributed by atoms with Crippen LogP contribution in [0, 0.1) is 17.3 Å². The second-order valence-corrected chi connectivity index (χ2v) is 10.1. The lowest BCUT2D eigenvalue weighted by Crippen LogP contribution is -2.36. The fraction of sp³-hybridized carbons (Fsp3) is 0.792. The molecule has 2 aliphatic rings. The van der Waals surface area contributed by atoms with Gasteiger partial charge in [-0.15, -0.1) is 0 Å². The van der Waals surface area contributed by atoms with E-state index in [1.54, 1.807) is 21.0 Å². The molecule has 1 aliphatic heterocycles. The molecule has 0 aromatic carbocycles. The number of rotatable bonds is 14. The van der Waals surface area contributed by atoms with E-state index in [1.807, 2.05) is 11.7 Å². The molecule has 31 heavy (non-hydrogen) atoms. The molecule has 6 nitrogen and oxygen atoms in total. The van der Waals surface area contributed by atoms with Gasteiger partial charge < -0.3 is 10.1 Å². The highest BCUT2D eigenvalue weighted by molar-refractivity contribution is 7.13. The largest absolute Gasteiger partial charge is 0.380 e. The van der Waals surface area contributed by atoms with Crippen LogP contribution in [-0.2, 0) is 19.1 Å². The molecule has 1 heterocycles. The minimum atomic E-state index is -0.508. The predicted octanol–water partition coefficient (Wildman–Crippen LogP) is 3.35. The molecule has 1 N–H and O–H groups in total. The van der Waals surface area contributed by atoms with Gasteiger partial charge in [0.05, 0.1) is 18.2 Å². The van der Waals surface area contributed by atoms with Crippen molar-refractivity contribution in [1.82, 2.24) is 9.99 Å². The molecule has 0 spiro atoms. The molecular weight excluding hydrogens is 411 g/mol. The third kappa shape index (κ3) is 6.54. The van der Waals surface area contributed by atoms with Gasteiger partial charge in [-0.3, -0.25) is 19.1 Å². The summed E-state index contributed by atoms with van der Waals surface area (Å²) in [6.07, 6.45) is 10.5. The maximum Gasteiger partial charge on any atom is 0.151 e. The number of unbranched alkanes of at least 4 members (excludes halogenated alkanes) is 3. The van der Waals surface area contributed by atoms with E-state index in [0.717, 1.165) is 45.1 Å². The fourth-order valence-corrected chi connectivity index (χ4v) is 5.74. The zero-order valence-corrected chi connectivity index (χ0v) is 21.0. The lowest BCUT2D eigenvalue weighted by molar-refractivity contribution is -0.130. The summed E-state index contributed by atoms with van der Waals surface area (Å²) < 4.78 is 7.50. The summed E-state index contributed by atoms with van der Waals surface area (Å²) in [7, 11) is 6.17. The van der Waals surface area contributed by atoms with Crippen molar-refractivity contribution in [3.8, 4) is 0 Å². The second-order valence-electron chi connectivity index (χ2n) is 9.46. The molecule has 7 atom stereocenters. The van der Waals surface area contributed by atoms with E-state index in [2.05, 4.69) is 33.8 Å². The van der Waals surface area contributed by atoms with E-state index in [-0.39, 0.29) is 47.4 Å². The number of methoxy groups -OCH3 is 1. The van der Waals surface area contributed by atoms with E-state index in [4.69, 9.17) is 4.74 Å². The van der Waals surface area contributed by atoms with Gasteiger partial charge in [-0.1, -0.05) is 41.3 Å². The number of nitrogens with one attached hydrogen (secondary N) is 1. The molecule has 2 fully saturated rings. The summed E-state index contributed by atoms with van der Waals surface area (Å²) in [5.74, 6) is 0.769. The maximum absolute atomic E-state index is 13.1. The van der Waals surface area contributed by atoms with E-state index in [1.165, 1.54) is 0 Å². The van der Waals surface area contributed by atoms with Crippen LogP contribution < -0.4 is 5.32 Å². The van der Waals surface area contributed by atoms with Gasteiger partial charge in [0.1, 0.15) is 11.6 Å². The third-order valence-electron chi connectivity index (χ3n) is 7.36. The van der Waals surface area contributed by atoms with Crippen molar-refractivity contribution in [3.63, 3.8) is 0 Å². The Morgan fingerprint density at radius 2 is 1.97 bits per heavy atom. The van der Waals surface area contributed by atoms with Gasteiger partial charge in [0.2, 0.25) is 0 Å². The molecule has 0 radical (unpaired) electrons. The van der Waals surface area contributed by atoms with Gasteiger partial charge in [0.15, 0.2) is 5.78 Å². The Labute approximate surface area is 190 Å². The Balaban J connectivity index is 1.79. The first kappa shape index (κ1) is 26.3. The first-order valence-electron chi connectivity index (χ1n) is 11.6. The molecule has 0 aromatic heterocycles. The number of hydrogen-bond acceptors (Lipinski definition) is 6. The number of likely N-dealkylation sites (N-methyl/N-ethyl adjacent to an activating group) is 1. The smallest absolute Gasteiger partial charge is 0.151 e. The Hall–Kier alpha value is -0.940. The van der Waals surface area contributed by atoms with Crippen LogP contribution in [0.2, 0.25) is 0 Å². The van der Waals surface area contributed by atoms with Crippen molar-refractivity contribution in [3.05, 3.63) is 12.2 Å². The SMILES string of the molecule is CN[C@@H](CCCCC/C=C\[C@@H]1C[C@]1(CC(=O)[C@@H]1C(C)[C@@H](OC)CN1P)C(C)=O)C(C)=O. The minimum absolute atomic E-state index is 0.0325. The Kier molecular flexibility index (Phi) is 10.0. The number of ketones is 3. The lowest BCUT2D eigenvalue weighted by atomic mass is 9.86. The molecule has 176 valence electrons. The maximum atomic E-state index is 13.1. The van der Waals surface area contributed by atoms with Crippen LogP contribution in [0.5, 0.6) is 0 Å². The quantitative estimate of drug-likeness (QED) is 0.248. The van der Waals surface area contributed by atoms with Gasteiger partial charge in [-0.2, -0.15) is 0 Å².